The number of hydrogen-bond donors (Lipinski definition) is 1. The van der Waals surface area contributed by atoms with Crippen LogP contribution in [0.4, 0.5) is 4.39 Å². The van der Waals surface area contributed by atoms with E-state index in [4.69, 9.17) is 22.7 Å². The molecule has 2 nitrogen and oxygen atoms in total. The van der Waals surface area contributed by atoms with E-state index in [1.807, 2.05) is 0 Å². The van der Waals surface area contributed by atoms with Crippen LogP contribution < -0.4 is 5.73 Å². The molecule has 0 heterocycles. The van der Waals surface area contributed by atoms with Crippen LogP contribution in [0.5, 0.6) is 0 Å². The summed E-state index contributed by atoms with van der Waals surface area (Å²) in [5.74, 6) is 0.352. The van der Waals surface area contributed by atoms with Gasteiger partial charge in [0.05, 0.1) is 6.61 Å². The standard InChI is InChI=1S/C14H20FNOS/c1-10(2)4-3-5-17-9-11-6-12(14(16)18)8-13(15)7-11/h6-8,10H,3-5,9H2,1-2H3,(H2,16,18). The molecule has 0 aromatic heterocycles. The van der Waals surface area contributed by atoms with Crippen LogP contribution in [-0.4, -0.2) is 11.6 Å². The Morgan fingerprint density at radius 3 is 2.72 bits per heavy atom. The van der Waals surface area contributed by atoms with Crippen molar-refractivity contribution in [3.05, 3.63) is 35.1 Å². The maximum atomic E-state index is 13.3. The molecule has 1 aromatic rings. The molecular formula is C14H20FNOS. The second kappa shape index (κ2) is 7.44. The third-order valence-electron chi connectivity index (χ3n) is 2.58. The number of ether oxygens (including phenoxy) is 1. The Kier molecular flexibility index (Phi) is 6.22. The normalized spacial score (nSPS) is 10.9. The molecule has 0 aliphatic carbocycles. The summed E-state index contributed by atoms with van der Waals surface area (Å²) in [4.78, 5) is 0.204. The summed E-state index contributed by atoms with van der Waals surface area (Å²) in [7, 11) is 0. The lowest BCUT2D eigenvalue weighted by Crippen LogP contribution is -2.10. The van der Waals surface area contributed by atoms with Gasteiger partial charge in [-0.25, -0.2) is 4.39 Å². The van der Waals surface area contributed by atoms with E-state index in [1.54, 1.807) is 6.07 Å². The number of nitrogens with two attached hydrogens (primary N) is 1. The highest BCUT2D eigenvalue weighted by Crippen LogP contribution is 2.11. The van der Waals surface area contributed by atoms with E-state index < -0.39 is 0 Å². The van der Waals surface area contributed by atoms with Crippen molar-refractivity contribution in [2.24, 2.45) is 11.7 Å². The van der Waals surface area contributed by atoms with Crippen molar-refractivity contribution in [1.29, 1.82) is 0 Å². The number of thiocarbonyl (C=S) groups is 1. The molecule has 18 heavy (non-hydrogen) atoms. The fourth-order valence-electron chi connectivity index (χ4n) is 1.66. The van der Waals surface area contributed by atoms with Crippen LogP contribution in [0.2, 0.25) is 0 Å². The maximum absolute atomic E-state index is 13.3. The summed E-state index contributed by atoms with van der Waals surface area (Å²) in [6.45, 7) is 5.45. The van der Waals surface area contributed by atoms with Crippen LogP contribution in [-0.2, 0) is 11.3 Å². The average molecular weight is 269 g/mol. The Morgan fingerprint density at radius 1 is 1.39 bits per heavy atom. The van der Waals surface area contributed by atoms with E-state index in [0.717, 1.165) is 18.4 Å². The van der Waals surface area contributed by atoms with Crippen LogP contribution in [0.3, 0.4) is 0 Å². The minimum absolute atomic E-state index is 0.204. The second-order valence-corrected chi connectivity index (χ2v) is 5.24. The van der Waals surface area contributed by atoms with Gasteiger partial charge in [0.25, 0.3) is 0 Å². The quantitative estimate of drug-likeness (QED) is 0.608. The van der Waals surface area contributed by atoms with E-state index in [9.17, 15) is 4.39 Å². The minimum atomic E-state index is -0.332. The summed E-state index contributed by atoms with van der Waals surface area (Å²) < 4.78 is 18.8. The molecule has 1 aromatic carbocycles. The van der Waals surface area contributed by atoms with Crippen LogP contribution >= 0.6 is 12.2 Å². The third-order valence-corrected chi connectivity index (χ3v) is 2.82. The van der Waals surface area contributed by atoms with Gasteiger partial charge in [0.1, 0.15) is 10.8 Å². The molecule has 0 fully saturated rings. The number of benzene rings is 1. The summed E-state index contributed by atoms with van der Waals surface area (Å²) in [6, 6.07) is 4.56. The first-order valence-electron chi connectivity index (χ1n) is 6.16. The smallest absolute Gasteiger partial charge is 0.124 e. The molecule has 0 aliphatic heterocycles. The van der Waals surface area contributed by atoms with Crippen molar-refractivity contribution in [3.8, 4) is 0 Å². The molecule has 0 radical (unpaired) electrons. The average Bonchev–Trinajstić information content (AvgIpc) is 2.27. The van der Waals surface area contributed by atoms with E-state index in [-0.39, 0.29) is 10.8 Å². The van der Waals surface area contributed by atoms with E-state index in [2.05, 4.69) is 13.8 Å². The van der Waals surface area contributed by atoms with Gasteiger partial charge in [-0.1, -0.05) is 26.1 Å². The van der Waals surface area contributed by atoms with Crippen molar-refractivity contribution in [2.45, 2.75) is 33.3 Å². The lowest BCUT2D eigenvalue weighted by Gasteiger charge is -2.08. The Bertz CT molecular complexity index is 407. The van der Waals surface area contributed by atoms with Gasteiger partial charge in [0.2, 0.25) is 0 Å². The van der Waals surface area contributed by atoms with Crippen molar-refractivity contribution < 1.29 is 9.13 Å². The van der Waals surface area contributed by atoms with Gasteiger partial charge < -0.3 is 10.5 Å². The van der Waals surface area contributed by atoms with Gasteiger partial charge in [0.15, 0.2) is 0 Å². The van der Waals surface area contributed by atoms with Gasteiger partial charge >= 0.3 is 0 Å². The minimum Gasteiger partial charge on any atom is -0.389 e. The monoisotopic (exact) mass is 269 g/mol. The van der Waals surface area contributed by atoms with Gasteiger partial charge in [-0.05, 0) is 42.5 Å². The zero-order valence-corrected chi connectivity index (χ0v) is 11.7. The van der Waals surface area contributed by atoms with Crippen LogP contribution in [0.1, 0.15) is 37.8 Å². The molecule has 0 atom stereocenters. The molecular weight excluding hydrogens is 249 g/mol. The zero-order valence-electron chi connectivity index (χ0n) is 10.9. The van der Waals surface area contributed by atoms with Gasteiger partial charge in [-0.15, -0.1) is 0 Å². The van der Waals surface area contributed by atoms with Gasteiger partial charge in [-0.3, -0.25) is 0 Å². The van der Waals surface area contributed by atoms with Crippen molar-refractivity contribution in [2.75, 3.05) is 6.61 Å². The first-order chi connectivity index (χ1) is 8.49. The topological polar surface area (TPSA) is 35.2 Å². The Labute approximate surface area is 113 Å². The molecule has 1 rings (SSSR count). The first-order valence-corrected chi connectivity index (χ1v) is 6.57. The maximum Gasteiger partial charge on any atom is 0.124 e. The summed E-state index contributed by atoms with van der Waals surface area (Å²) in [6.07, 6.45) is 2.16. The van der Waals surface area contributed by atoms with E-state index in [1.165, 1.54) is 12.1 Å². The lowest BCUT2D eigenvalue weighted by atomic mass is 10.1. The highest BCUT2D eigenvalue weighted by atomic mass is 32.1. The fourth-order valence-corrected chi connectivity index (χ4v) is 1.78. The first kappa shape index (κ1) is 15.1. The zero-order chi connectivity index (χ0) is 13.5. The number of halogens is 1. The summed E-state index contributed by atoms with van der Waals surface area (Å²) >= 11 is 4.83. The molecule has 4 heteroatoms. The van der Waals surface area contributed by atoms with Crippen LogP contribution in [0, 0.1) is 11.7 Å². The lowest BCUT2D eigenvalue weighted by molar-refractivity contribution is 0.114. The Morgan fingerprint density at radius 2 is 2.11 bits per heavy atom. The molecule has 2 N–H and O–H groups in total. The van der Waals surface area contributed by atoms with Crippen molar-refractivity contribution in [3.63, 3.8) is 0 Å². The van der Waals surface area contributed by atoms with E-state index in [0.29, 0.717) is 24.7 Å². The third kappa shape index (κ3) is 5.56. The van der Waals surface area contributed by atoms with E-state index >= 15 is 0 Å². The molecule has 0 unspecified atom stereocenters. The molecule has 0 amide bonds. The molecule has 0 spiro atoms. The number of rotatable bonds is 7. The molecule has 0 aliphatic rings. The van der Waals surface area contributed by atoms with Crippen molar-refractivity contribution in [1.82, 2.24) is 0 Å². The van der Waals surface area contributed by atoms with Gasteiger partial charge in [-0.2, -0.15) is 0 Å². The highest BCUT2D eigenvalue weighted by molar-refractivity contribution is 7.80. The van der Waals surface area contributed by atoms with Crippen LogP contribution in [0.25, 0.3) is 0 Å². The second-order valence-electron chi connectivity index (χ2n) is 4.80. The van der Waals surface area contributed by atoms with Crippen molar-refractivity contribution >= 4 is 17.2 Å². The Hall–Kier alpha value is -1.00. The largest absolute Gasteiger partial charge is 0.389 e. The SMILES string of the molecule is CC(C)CCCOCc1cc(F)cc(C(N)=S)c1. The van der Waals surface area contributed by atoms with Crippen LogP contribution in [0.15, 0.2) is 18.2 Å². The molecule has 0 saturated heterocycles. The summed E-state index contributed by atoms with van der Waals surface area (Å²) in [5, 5.41) is 0. The predicted octanol–water partition coefficient (Wildman–Crippen LogP) is 3.41. The summed E-state index contributed by atoms with van der Waals surface area (Å²) in [5.41, 5.74) is 6.80. The molecule has 0 bridgehead atoms. The van der Waals surface area contributed by atoms with Gasteiger partial charge in [0, 0.05) is 12.2 Å². The fraction of sp³-hybridized carbons (Fsp3) is 0.500. The number of hydrogen-bond acceptors (Lipinski definition) is 2. The predicted molar refractivity (Wildman–Crippen MR) is 76.0 cm³/mol. The Balaban J connectivity index is 2.44. The molecule has 100 valence electrons. The molecule has 0 saturated carbocycles. The highest BCUT2D eigenvalue weighted by Gasteiger charge is 2.03.